The van der Waals surface area contributed by atoms with Gasteiger partial charge < -0.3 is 14.6 Å². The van der Waals surface area contributed by atoms with E-state index in [1.54, 1.807) is 14.2 Å². The van der Waals surface area contributed by atoms with Crippen molar-refractivity contribution < 1.29 is 19.4 Å². The Morgan fingerprint density at radius 3 is 2.52 bits per heavy atom. The first kappa shape index (κ1) is 16.1. The Labute approximate surface area is 133 Å². The monoisotopic (exact) mass is 356 g/mol. The molecule has 0 radical (unpaired) electrons. The van der Waals surface area contributed by atoms with Crippen LogP contribution in [0.15, 0.2) is 10.5 Å². The third-order valence-electron chi connectivity index (χ3n) is 4.07. The van der Waals surface area contributed by atoms with Gasteiger partial charge in [0, 0.05) is 10.0 Å². The average molecular weight is 357 g/mol. The Morgan fingerprint density at radius 2 is 2.10 bits per heavy atom. The standard InChI is InChI=1S/C16H21BrO4/c1-4-10-15(11(7-14(18)19)9-5-6-9)12(17)8-13(20-2)16(10)21-3/h8-9,11H,4-7H2,1-3H3,(H,18,19). The van der Waals surface area contributed by atoms with E-state index >= 15 is 0 Å². The fourth-order valence-electron chi connectivity index (χ4n) is 2.99. The third-order valence-corrected chi connectivity index (χ3v) is 4.73. The molecule has 1 aromatic rings. The minimum atomic E-state index is -0.754. The van der Waals surface area contributed by atoms with Crippen molar-refractivity contribution in [3.05, 3.63) is 21.7 Å². The molecule has 1 aromatic carbocycles. The minimum absolute atomic E-state index is 0.0339. The van der Waals surface area contributed by atoms with Gasteiger partial charge in [-0.05, 0) is 42.7 Å². The maximum absolute atomic E-state index is 11.2. The first-order valence-corrected chi connectivity index (χ1v) is 7.97. The molecule has 1 aliphatic carbocycles. The summed E-state index contributed by atoms with van der Waals surface area (Å²) in [7, 11) is 3.23. The van der Waals surface area contributed by atoms with E-state index < -0.39 is 5.97 Å². The quantitative estimate of drug-likeness (QED) is 0.802. The molecule has 1 atom stereocenters. The zero-order chi connectivity index (χ0) is 15.6. The molecule has 0 saturated heterocycles. The highest BCUT2D eigenvalue weighted by molar-refractivity contribution is 9.10. The zero-order valence-electron chi connectivity index (χ0n) is 12.6. The van der Waals surface area contributed by atoms with Crippen LogP contribution < -0.4 is 9.47 Å². The molecule has 1 aliphatic rings. The van der Waals surface area contributed by atoms with Crippen LogP contribution in [0.1, 0.15) is 43.2 Å². The minimum Gasteiger partial charge on any atom is -0.493 e. The number of halogens is 1. The van der Waals surface area contributed by atoms with Crippen LogP contribution in [0.2, 0.25) is 0 Å². The molecule has 1 unspecified atom stereocenters. The molecule has 0 spiro atoms. The summed E-state index contributed by atoms with van der Waals surface area (Å²) < 4.78 is 11.8. The largest absolute Gasteiger partial charge is 0.493 e. The van der Waals surface area contributed by atoms with Crippen molar-refractivity contribution in [3.8, 4) is 11.5 Å². The van der Waals surface area contributed by atoms with Crippen LogP contribution >= 0.6 is 15.9 Å². The predicted octanol–water partition coefficient (Wildman–Crippen LogP) is 4.00. The molecule has 2 rings (SSSR count). The SMILES string of the molecule is CCc1c(OC)c(OC)cc(Br)c1C(CC(=O)O)C1CC1. The molecular formula is C16H21BrO4. The first-order chi connectivity index (χ1) is 10.0. The van der Waals surface area contributed by atoms with Crippen LogP contribution in [-0.4, -0.2) is 25.3 Å². The van der Waals surface area contributed by atoms with Crippen molar-refractivity contribution in [1.29, 1.82) is 0 Å². The molecule has 4 nitrogen and oxygen atoms in total. The number of hydrogen-bond acceptors (Lipinski definition) is 3. The van der Waals surface area contributed by atoms with Gasteiger partial charge >= 0.3 is 5.97 Å². The molecule has 5 heteroatoms. The van der Waals surface area contributed by atoms with Gasteiger partial charge in [-0.15, -0.1) is 0 Å². The number of carboxylic acids is 1. The zero-order valence-corrected chi connectivity index (χ0v) is 14.2. The maximum atomic E-state index is 11.2. The molecule has 1 fully saturated rings. The van der Waals surface area contributed by atoms with E-state index in [0.29, 0.717) is 17.4 Å². The second-order valence-electron chi connectivity index (χ2n) is 5.38. The van der Waals surface area contributed by atoms with Gasteiger partial charge in [0.1, 0.15) is 0 Å². The summed E-state index contributed by atoms with van der Waals surface area (Å²) in [6.07, 6.45) is 3.13. The predicted molar refractivity (Wildman–Crippen MR) is 84.3 cm³/mol. The Hall–Kier alpha value is -1.23. The topological polar surface area (TPSA) is 55.8 Å². The van der Waals surface area contributed by atoms with E-state index in [0.717, 1.165) is 34.9 Å². The number of rotatable bonds is 7. The smallest absolute Gasteiger partial charge is 0.303 e. The summed E-state index contributed by atoms with van der Waals surface area (Å²) in [5, 5.41) is 9.23. The number of aliphatic carboxylic acids is 1. The van der Waals surface area contributed by atoms with E-state index in [2.05, 4.69) is 22.9 Å². The fourth-order valence-corrected chi connectivity index (χ4v) is 3.73. The van der Waals surface area contributed by atoms with Gasteiger partial charge in [-0.3, -0.25) is 4.79 Å². The lowest BCUT2D eigenvalue weighted by Crippen LogP contribution is -2.12. The van der Waals surface area contributed by atoms with Crippen molar-refractivity contribution in [1.82, 2.24) is 0 Å². The normalized spacial score (nSPS) is 15.6. The highest BCUT2D eigenvalue weighted by Crippen LogP contribution is 2.50. The fraction of sp³-hybridized carbons (Fsp3) is 0.562. The Morgan fingerprint density at radius 1 is 1.43 bits per heavy atom. The lowest BCUT2D eigenvalue weighted by molar-refractivity contribution is -0.137. The number of benzene rings is 1. The molecule has 0 amide bonds. The molecule has 21 heavy (non-hydrogen) atoms. The summed E-state index contributed by atoms with van der Waals surface area (Å²) in [5.41, 5.74) is 2.11. The van der Waals surface area contributed by atoms with Crippen molar-refractivity contribution in [2.24, 2.45) is 5.92 Å². The summed E-state index contributed by atoms with van der Waals surface area (Å²) in [6.45, 7) is 2.05. The number of hydrogen-bond donors (Lipinski definition) is 1. The van der Waals surface area contributed by atoms with E-state index in [-0.39, 0.29) is 12.3 Å². The molecular weight excluding hydrogens is 336 g/mol. The van der Waals surface area contributed by atoms with Crippen LogP contribution in [0.3, 0.4) is 0 Å². The molecule has 0 aliphatic heterocycles. The number of methoxy groups -OCH3 is 2. The van der Waals surface area contributed by atoms with Crippen molar-refractivity contribution >= 4 is 21.9 Å². The Balaban J connectivity index is 2.57. The molecule has 1 saturated carbocycles. The molecule has 0 bridgehead atoms. The number of carbonyl (C=O) groups is 1. The summed E-state index contributed by atoms with van der Waals surface area (Å²) in [4.78, 5) is 11.2. The maximum Gasteiger partial charge on any atom is 0.303 e. The van der Waals surface area contributed by atoms with Gasteiger partial charge in [0.25, 0.3) is 0 Å². The van der Waals surface area contributed by atoms with Crippen molar-refractivity contribution in [2.45, 2.75) is 38.5 Å². The van der Waals surface area contributed by atoms with Crippen LogP contribution in [-0.2, 0) is 11.2 Å². The number of ether oxygens (including phenoxy) is 2. The lowest BCUT2D eigenvalue weighted by atomic mass is 9.86. The van der Waals surface area contributed by atoms with Gasteiger partial charge in [-0.25, -0.2) is 0 Å². The summed E-state index contributed by atoms with van der Waals surface area (Å²) in [6, 6.07) is 1.88. The van der Waals surface area contributed by atoms with Gasteiger partial charge in [0.2, 0.25) is 0 Å². The highest BCUT2D eigenvalue weighted by Gasteiger charge is 2.37. The van der Waals surface area contributed by atoms with Crippen LogP contribution in [0.5, 0.6) is 11.5 Å². The Bertz CT molecular complexity index is 538. The Kier molecular flexibility index (Phi) is 5.14. The van der Waals surface area contributed by atoms with Crippen molar-refractivity contribution in [3.63, 3.8) is 0 Å². The molecule has 116 valence electrons. The molecule has 0 heterocycles. The van der Waals surface area contributed by atoms with Crippen LogP contribution in [0.4, 0.5) is 0 Å². The van der Waals surface area contributed by atoms with E-state index in [1.165, 1.54) is 0 Å². The van der Waals surface area contributed by atoms with Gasteiger partial charge in [0.05, 0.1) is 20.6 Å². The third kappa shape index (κ3) is 3.34. The van der Waals surface area contributed by atoms with Crippen LogP contribution in [0.25, 0.3) is 0 Å². The van der Waals surface area contributed by atoms with Gasteiger partial charge in [-0.1, -0.05) is 22.9 Å². The van der Waals surface area contributed by atoms with Gasteiger partial charge in [0.15, 0.2) is 11.5 Å². The van der Waals surface area contributed by atoms with E-state index in [4.69, 9.17) is 9.47 Å². The van der Waals surface area contributed by atoms with E-state index in [1.807, 2.05) is 6.07 Å². The first-order valence-electron chi connectivity index (χ1n) is 7.18. The average Bonchev–Trinajstić information content (AvgIpc) is 3.28. The van der Waals surface area contributed by atoms with E-state index in [9.17, 15) is 9.90 Å². The second-order valence-corrected chi connectivity index (χ2v) is 6.24. The summed E-state index contributed by atoms with van der Waals surface area (Å²) in [5.74, 6) is 1.13. The molecule has 1 N–H and O–H groups in total. The second kappa shape index (κ2) is 6.69. The highest BCUT2D eigenvalue weighted by atomic mass is 79.9. The van der Waals surface area contributed by atoms with Crippen LogP contribution in [0, 0.1) is 5.92 Å². The summed E-state index contributed by atoms with van der Waals surface area (Å²) >= 11 is 3.60. The number of carboxylic acid groups (broad SMARTS) is 1. The van der Waals surface area contributed by atoms with Crippen molar-refractivity contribution in [2.75, 3.05) is 14.2 Å². The molecule has 0 aromatic heterocycles. The van der Waals surface area contributed by atoms with Gasteiger partial charge in [-0.2, -0.15) is 0 Å². The lowest BCUT2D eigenvalue weighted by Gasteiger charge is -2.23.